The van der Waals surface area contributed by atoms with E-state index in [-0.39, 0.29) is 11.5 Å². The molecule has 0 bridgehead atoms. The molecule has 0 atom stereocenters. The lowest BCUT2D eigenvalue weighted by atomic mass is 10.2. The van der Waals surface area contributed by atoms with Crippen LogP contribution in [-0.4, -0.2) is 25.1 Å². The lowest BCUT2D eigenvalue weighted by molar-refractivity contribution is 0.101. The summed E-state index contributed by atoms with van der Waals surface area (Å²) >= 11 is 1.42. The zero-order valence-corrected chi connectivity index (χ0v) is 16.6. The highest BCUT2D eigenvalue weighted by Crippen LogP contribution is 2.22. The highest BCUT2D eigenvalue weighted by molar-refractivity contribution is 7.15. The third-order valence-electron chi connectivity index (χ3n) is 4.49. The van der Waals surface area contributed by atoms with Crippen LogP contribution in [0.4, 0.5) is 5.13 Å². The van der Waals surface area contributed by atoms with E-state index < -0.39 is 0 Å². The van der Waals surface area contributed by atoms with Crippen LogP contribution < -0.4 is 10.9 Å². The number of anilines is 1. The van der Waals surface area contributed by atoms with Gasteiger partial charge in [-0.15, -0.1) is 11.3 Å². The van der Waals surface area contributed by atoms with Crippen LogP contribution in [0.2, 0.25) is 0 Å². The Labute approximate surface area is 165 Å². The SMILES string of the molecule is Cc1cc(=O)n2c(cc(C(=O)Nc3nc(C)c(C)s3)n2Cc2ccccc2)n1. The molecule has 142 valence electrons. The quantitative estimate of drug-likeness (QED) is 0.577. The minimum Gasteiger partial charge on any atom is -0.296 e. The van der Waals surface area contributed by atoms with Crippen molar-refractivity contribution >= 4 is 28.0 Å². The van der Waals surface area contributed by atoms with Gasteiger partial charge in [-0.1, -0.05) is 30.3 Å². The predicted molar refractivity (Wildman–Crippen MR) is 109 cm³/mol. The number of hydrogen-bond acceptors (Lipinski definition) is 5. The smallest absolute Gasteiger partial charge is 0.275 e. The van der Waals surface area contributed by atoms with E-state index in [1.165, 1.54) is 21.9 Å². The number of fused-ring (bicyclic) bond motifs is 1. The molecule has 0 aliphatic rings. The fourth-order valence-corrected chi connectivity index (χ4v) is 3.85. The molecular weight excluding hydrogens is 374 g/mol. The summed E-state index contributed by atoms with van der Waals surface area (Å²) in [7, 11) is 0. The number of nitrogens with one attached hydrogen (secondary N) is 1. The molecule has 1 N–H and O–H groups in total. The van der Waals surface area contributed by atoms with Gasteiger partial charge in [0, 0.05) is 22.7 Å². The average molecular weight is 393 g/mol. The van der Waals surface area contributed by atoms with Crippen molar-refractivity contribution in [2.75, 3.05) is 5.32 Å². The molecule has 1 amide bonds. The number of nitrogens with zero attached hydrogens (tertiary/aromatic N) is 4. The number of aromatic nitrogens is 4. The number of amides is 1. The second-order valence-corrected chi connectivity index (χ2v) is 7.80. The molecule has 0 aliphatic heterocycles. The number of thiazole rings is 1. The first kappa shape index (κ1) is 18.1. The molecule has 0 unspecified atom stereocenters. The molecule has 8 heteroatoms. The molecule has 4 aromatic rings. The molecule has 0 saturated heterocycles. The Balaban J connectivity index is 1.82. The molecule has 28 heavy (non-hydrogen) atoms. The van der Waals surface area contributed by atoms with E-state index in [1.54, 1.807) is 17.7 Å². The molecule has 4 rings (SSSR count). The molecule has 0 radical (unpaired) electrons. The summed E-state index contributed by atoms with van der Waals surface area (Å²) in [4.78, 5) is 35.5. The van der Waals surface area contributed by atoms with Crippen molar-refractivity contribution in [1.82, 2.24) is 19.2 Å². The van der Waals surface area contributed by atoms with Crippen LogP contribution in [0, 0.1) is 20.8 Å². The molecule has 3 heterocycles. The van der Waals surface area contributed by atoms with Gasteiger partial charge < -0.3 is 0 Å². The Morgan fingerprint density at radius 2 is 1.86 bits per heavy atom. The lowest BCUT2D eigenvalue weighted by Crippen LogP contribution is -2.25. The zero-order valence-electron chi connectivity index (χ0n) is 15.8. The van der Waals surface area contributed by atoms with Gasteiger partial charge in [-0.05, 0) is 26.3 Å². The third kappa shape index (κ3) is 3.34. The largest absolute Gasteiger partial charge is 0.296 e. The Morgan fingerprint density at radius 3 is 2.54 bits per heavy atom. The Bertz CT molecular complexity index is 1220. The van der Waals surface area contributed by atoms with Crippen LogP contribution >= 0.6 is 11.3 Å². The fourth-order valence-electron chi connectivity index (χ4n) is 3.04. The molecule has 7 nitrogen and oxygen atoms in total. The summed E-state index contributed by atoms with van der Waals surface area (Å²) in [5.74, 6) is -0.327. The van der Waals surface area contributed by atoms with Gasteiger partial charge in [-0.3, -0.25) is 19.6 Å². The Hall–Kier alpha value is -3.26. The normalized spacial score (nSPS) is 11.1. The summed E-state index contributed by atoms with van der Waals surface area (Å²) < 4.78 is 3.09. The van der Waals surface area contributed by atoms with Gasteiger partial charge in [0.25, 0.3) is 11.5 Å². The summed E-state index contributed by atoms with van der Waals surface area (Å²) in [5.41, 5.74) is 3.04. The number of aryl methyl sites for hydroxylation is 3. The van der Waals surface area contributed by atoms with Gasteiger partial charge in [-0.25, -0.2) is 9.97 Å². The number of carbonyl (C=O) groups excluding carboxylic acids is 1. The lowest BCUT2D eigenvalue weighted by Gasteiger charge is -2.11. The van der Waals surface area contributed by atoms with E-state index in [1.807, 2.05) is 44.2 Å². The van der Waals surface area contributed by atoms with Gasteiger partial charge in [-0.2, -0.15) is 4.52 Å². The number of carbonyl (C=O) groups is 1. The van der Waals surface area contributed by atoms with Crippen molar-refractivity contribution < 1.29 is 4.79 Å². The molecule has 0 spiro atoms. The monoisotopic (exact) mass is 393 g/mol. The maximum Gasteiger partial charge on any atom is 0.275 e. The van der Waals surface area contributed by atoms with Gasteiger partial charge in [0.1, 0.15) is 5.69 Å². The molecule has 1 aromatic carbocycles. The predicted octanol–water partition coefficient (Wildman–Crippen LogP) is 3.18. The summed E-state index contributed by atoms with van der Waals surface area (Å²) in [6, 6.07) is 12.8. The summed E-state index contributed by atoms with van der Waals surface area (Å²) in [6.45, 7) is 5.99. The zero-order chi connectivity index (χ0) is 19.8. The van der Waals surface area contributed by atoms with E-state index in [0.717, 1.165) is 16.1 Å². The fraction of sp³-hybridized carbons (Fsp3) is 0.200. The highest BCUT2D eigenvalue weighted by atomic mass is 32.1. The Morgan fingerprint density at radius 1 is 1.11 bits per heavy atom. The van der Waals surface area contributed by atoms with E-state index in [4.69, 9.17) is 0 Å². The minimum atomic E-state index is -0.327. The average Bonchev–Trinajstić information content (AvgIpc) is 3.15. The first-order valence-corrected chi connectivity index (χ1v) is 9.63. The van der Waals surface area contributed by atoms with Crippen LogP contribution in [0.3, 0.4) is 0 Å². The van der Waals surface area contributed by atoms with Crippen molar-refractivity contribution in [2.24, 2.45) is 0 Å². The van der Waals surface area contributed by atoms with Crippen LogP contribution in [0.1, 0.15) is 32.3 Å². The van der Waals surface area contributed by atoms with Crippen molar-refractivity contribution in [3.05, 3.63) is 80.3 Å². The number of rotatable bonds is 4. The first-order chi connectivity index (χ1) is 13.4. The van der Waals surface area contributed by atoms with Gasteiger partial charge in [0.15, 0.2) is 10.8 Å². The second kappa shape index (κ2) is 7.05. The molecule has 0 fully saturated rings. The number of hydrogen-bond donors (Lipinski definition) is 1. The van der Waals surface area contributed by atoms with E-state index in [0.29, 0.717) is 28.7 Å². The van der Waals surface area contributed by atoms with Gasteiger partial charge in [0.05, 0.1) is 12.2 Å². The van der Waals surface area contributed by atoms with Gasteiger partial charge in [0.2, 0.25) is 0 Å². The summed E-state index contributed by atoms with van der Waals surface area (Å²) in [5, 5.41) is 3.38. The Kier molecular flexibility index (Phi) is 4.56. The van der Waals surface area contributed by atoms with Crippen molar-refractivity contribution in [3.63, 3.8) is 0 Å². The number of benzene rings is 1. The van der Waals surface area contributed by atoms with E-state index in [9.17, 15) is 9.59 Å². The maximum absolute atomic E-state index is 13.0. The van der Waals surface area contributed by atoms with Crippen molar-refractivity contribution in [1.29, 1.82) is 0 Å². The molecule has 3 aromatic heterocycles. The summed E-state index contributed by atoms with van der Waals surface area (Å²) in [6.07, 6.45) is 0. The van der Waals surface area contributed by atoms with Crippen LogP contribution in [0.15, 0.2) is 47.3 Å². The van der Waals surface area contributed by atoms with Crippen molar-refractivity contribution in [2.45, 2.75) is 27.3 Å². The van der Waals surface area contributed by atoms with Crippen LogP contribution in [-0.2, 0) is 6.54 Å². The molecule has 0 saturated carbocycles. The van der Waals surface area contributed by atoms with Crippen LogP contribution in [0.25, 0.3) is 5.65 Å². The van der Waals surface area contributed by atoms with Crippen LogP contribution in [0.5, 0.6) is 0 Å². The first-order valence-electron chi connectivity index (χ1n) is 8.82. The van der Waals surface area contributed by atoms with E-state index >= 15 is 0 Å². The maximum atomic E-state index is 13.0. The topological polar surface area (TPSA) is 81.3 Å². The van der Waals surface area contributed by atoms with Gasteiger partial charge >= 0.3 is 0 Å². The minimum absolute atomic E-state index is 0.224. The second-order valence-electron chi connectivity index (χ2n) is 6.59. The molecule has 0 aliphatic carbocycles. The standard InChI is InChI=1S/C20H19N5O2S/c1-12-9-18(26)25-17(21-12)10-16(24(25)11-15-7-5-4-6-8-15)19(27)23-20-22-13(2)14(3)28-20/h4-10H,11H2,1-3H3,(H,22,23,27). The third-order valence-corrected chi connectivity index (χ3v) is 5.48. The van der Waals surface area contributed by atoms with E-state index in [2.05, 4.69) is 15.3 Å². The van der Waals surface area contributed by atoms with Crippen molar-refractivity contribution in [3.8, 4) is 0 Å². The molecular formula is C20H19N5O2S. The highest BCUT2D eigenvalue weighted by Gasteiger charge is 2.19.